The number of hydrogen-bond donors (Lipinski definition) is 2. The highest BCUT2D eigenvalue weighted by molar-refractivity contribution is 5.58. The van der Waals surface area contributed by atoms with E-state index in [1.807, 2.05) is 0 Å². The van der Waals surface area contributed by atoms with Crippen molar-refractivity contribution in [1.82, 2.24) is 15.2 Å². The molecule has 0 radical (unpaired) electrons. The standard InChI is InChI=1S/C13H14F2N4O/c14-12(15)11-10(20-7-13(16)3-4-13)2-1-9(19-11)8-5-17-18-6-8/h1-2,5-6,12H,3-4,7,16H2,(H,17,18). The maximum atomic E-state index is 13.1. The number of nitrogens with two attached hydrogens (primary N) is 1. The molecule has 2 aromatic heterocycles. The normalized spacial score (nSPS) is 16.4. The minimum absolute atomic E-state index is 0.0870. The van der Waals surface area contributed by atoms with Gasteiger partial charge >= 0.3 is 0 Å². The number of halogens is 2. The van der Waals surface area contributed by atoms with Gasteiger partial charge in [0.25, 0.3) is 6.43 Å². The maximum absolute atomic E-state index is 13.1. The number of hydrogen-bond acceptors (Lipinski definition) is 4. The lowest BCUT2D eigenvalue weighted by molar-refractivity contribution is 0.138. The van der Waals surface area contributed by atoms with E-state index >= 15 is 0 Å². The number of nitrogens with one attached hydrogen (secondary N) is 1. The van der Waals surface area contributed by atoms with Gasteiger partial charge < -0.3 is 10.5 Å². The first-order chi connectivity index (χ1) is 9.57. The summed E-state index contributed by atoms with van der Waals surface area (Å²) in [6, 6.07) is 3.13. The summed E-state index contributed by atoms with van der Waals surface area (Å²) in [6.07, 6.45) is 2.13. The smallest absolute Gasteiger partial charge is 0.284 e. The lowest BCUT2D eigenvalue weighted by Crippen LogP contribution is -2.30. The Balaban J connectivity index is 1.86. The van der Waals surface area contributed by atoms with Gasteiger partial charge in [0.2, 0.25) is 0 Å². The Morgan fingerprint density at radius 2 is 2.20 bits per heavy atom. The van der Waals surface area contributed by atoms with Gasteiger partial charge in [0.15, 0.2) is 0 Å². The summed E-state index contributed by atoms with van der Waals surface area (Å²) in [4.78, 5) is 3.96. The Morgan fingerprint density at radius 1 is 1.40 bits per heavy atom. The lowest BCUT2D eigenvalue weighted by atomic mass is 10.2. The second-order valence-electron chi connectivity index (χ2n) is 5.02. The molecule has 1 aliphatic carbocycles. The Labute approximate surface area is 114 Å². The zero-order chi connectivity index (χ0) is 14.2. The average molecular weight is 280 g/mol. The lowest BCUT2D eigenvalue weighted by Gasteiger charge is -2.14. The number of nitrogens with zero attached hydrogens (tertiary/aromatic N) is 2. The summed E-state index contributed by atoms with van der Waals surface area (Å²) in [5.41, 5.74) is 6.23. The van der Waals surface area contributed by atoms with Crippen molar-refractivity contribution in [1.29, 1.82) is 0 Å². The molecule has 0 unspecified atom stereocenters. The van der Waals surface area contributed by atoms with Gasteiger partial charge in [-0.2, -0.15) is 5.10 Å². The first-order valence-corrected chi connectivity index (χ1v) is 6.27. The second kappa shape index (κ2) is 4.82. The molecule has 1 saturated carbocycles. The van der Waals surface area contributed by atoms with Crippen molar-refractivity contribution in [3.8, 4) is 17.0 Å². The number of aromatic nitrogens is 3. The monoisotopic (exact) mass is 280 g/mol. The molecule has 5 nitrogen and oxygen atoms in total. The van der Waals surface area contributed by atoms with Gasteiger partial charge in [-0.05, 0) is 25.0 Å². The minimum Gasteiger partial charge on any atom is -0.490 e. The molecule has 2 heterocycles. The van der Waals surface area contributed by atoms with Gasteiger partial charge in [0, 0.05) is 11.8 Å². The molecule has 0 spiro atoms. The van der Waals surface area contributed by atoms with Crippen LogP contribution in [-0.4, -0.2) is 27.3 Å². The SMILES string of the molecule is NC1(COc2ccc(-c3cn[nH]c3)nc2C(F)F)CC1. The predicted molar refractivity (Wildman–Crippen MR) is 68.4 cm³/mol. The fraction of sp³-hybridized carbons (Fsp3) is 0.385. The topological polar surface area (TPSA) is 76.8 Å². The second-order valence-corrected chi connectivity index (χ2v) is 5.02. The van der Waals surface area contributed by atoms with Crippen LogP contribution in [0.5, 0.6) is 5.75 Å². The van der Waals surface area contributed by atoms with Crippen LogP contribution in [0.3, 0.4) is 0 Å². The van der Waals surface area contributed by atoms with E-state index in [1.165, 1.54) is 12.3 Å². The number of aromatic amines is 1. The number of alkyl halides is 2. The van der Waals surface area contributed by atoms with E-state index in [9.17, 15) is 8.78 Å². The van der Waals surface area contributed by atoms with Crippen molar-refractivity contribution >= 4 is 0 Å². The number of rotatable bonds is 5. The van der Waals surface area contributed by atoms with Crippen molar-refractivity contribution in [3.63, 3.8) is 0 Å². The summed E-state index contributed by atoms with van der Waals surface area (Å²) < 4.78 is 31.6. The Kier molecular flexibility index (Phi) is 3.13. The molecule has 7 heteroatoms. The largest absolute Gasteiger partial charge is 0.490 e. The van der Waals surface area contributed by atoms with Crippen LogP contribution in [0.1, 0.15) is 25.0 Å². The van der Waals surface area contributed by atoms with Crippen LogP contribution in [0.15, 0.2) is 24.5 Å². The summed E-state index contributed by atoms with van der Waals surface area (Å²) in [7, 11) is 0. The van der Waals surface area contributed by atoms with Crippen LogP contribution in [0, 0.1) is 0 Å². The molecule has 106 valence electrons. The fourth-order valence-corrected chi connectivity index (χ4v) is 1.82. The zero-order valence-corrected chi connectivity index (χ0v) is 10.6. The van der Waals surface area contributed by atoms with Crippen LogP contribution in [0.25, 0.3) is 11.3 Å². The molecule has 1 aliphatic rings. The van der Waals surface area contributed by atoms with Gasteiger partial charge in [0.1, 0.15) is 18.1 Å². The average Bonchev–Trinajstić information content (AvgIpc) is 2.94. The Hall–Kier alpha value is -2.02. The van der Waals surface area contributed by atoms with Crippen molar-refractivity contribution in [2.24, 2.45) is 5.73 Å². The molecule has 0 bridgehead atoms. The van der Waals surface area contributed by atoms with E-state index in [4.69, 9.17) is 10.5 Å². The highest BCUT2D eigenvalue weighted by Gasteiger charge is 2.39. The molecule has 0 aliphatic heterocycles. The number of H-pyrrole nitrogens is 1. The molecule has 3 N–H and O–H groups in total. The van der Waals surface area contributed by atoms with Gasteiger partial charge in [-0.3, -0.25) is 5.10 Å². The van der Waals surface area contributed by atoms with Crippen molar-refractivity contribution in [3.05, 3.63) is 30.2 Å². The maximum Gasteiger partial charge on any atom is 0.284 e. The van der Waals surface area contributed by atoms with E-state index < -0.39 is 6.43 Å². The summed E-state index contributed by atoms with van der Waals surface area (Å²) in [5, 5.41) is 6.39. The van der Waals surface area contributed by atoms with Gasteiger partial charge in [-0.25, -0.2) is 13.8 Å². The zero-order valence-electron chi connectivity index (χ0n) is 10.6. The van der Waals surface area contributed by atoms with Crippen molar-refractivity contribution < 1.29 is 13.5 Å². The molecule has 0 atom stereocenters. The van der Waals surface area contributed by atoms with Crippen molar-refractivity contribution in [2.45, 2.75) is 24.8 Å². The molecule has 0 aromatic carbocycles. The van der Waals surface area contributed by atoms with Crippen molar-refractivity contribution in [2.75, 3.05) is 6.61 Å². The van der Waals surface area contributed by atoms with Crippen LogP contribution in [0.4, 0.5) is 8.78 Å². The van der Waals surface area contributed by atoms with E-state index in [0.717, 1.165) is 12.8 Å². The molecule has 0 saturated heterocycles. The molecule has 2 aromatic rings. The summed E-state index contributed by atoms with van der Waals surface area (Å²) >= 11 is 0. The van der Waals surface area contributed by atoms with Gasteiger partial charge in [-0.1, -0.05) is 0 Å². The minimum atomic E-state index is -2.70. The molecule has 3 rings (SSSR count). The molecule has 0 amide bonds. The fourth-order valence-electron chi connectivity index (χ4n) is 1.82. The van der Waals surface area contributed by atoms with E-state index in [2.05, 4.69) is 15.2 Å². The first kappa shape index (κ1) is 13.0. The highest BCUT2D eigenvalue weighted by atomic mass is 19.3. The van der Waals surface area contributed by atoms with Crippen LogP contribution >= 0.6 is 0 Å². The Morgan fingerprint density at radius 3 is 2.80 bits per heavy atom. The predicted octanol–water partition coefficient (Wildman–Crippen LogP) is 2.28. The van der Waals surface area contributed by atoms with E-state index in [-0.39, 0.29) is 23.6 Å². The van der Waals surface area contributed by atoms with Crippen LogP contribution in [-0.2, 0) is 0 Å². The third kappa shape index (κ3) is 2.62. The number of pyridine rings is 1. The third-order valence-corrected chi connectivity index (χ3v) is 3.29. The highest BCUT2D eigenvalue weighted by Crippen LogP contribution is 2.35. The van der Waals surface area contributed by atoms with Crippen LogP contribution < -0.4 is 10.5 Å². The van der Waals surface area contributed by atoms with E-state index in [0.29, 0.717) is 11.3 Å². The number of ether oxygens (including phenoxy) is 1. The molecule has 20 heavy (non-hydrogen) atoms. The molecule has 1 fully saturated rings. The Bertz CT molecular complexity index is 596. The molecular weight excluding hydrogens is 266 g/mol. The molecular formula is C13H14F2N4O. The van der Waals surface area contributed by atoms with Gasteiger partial charge in [-0.15, -0.1) is 0 Å². The first-order valence-electron chi connectivity index (χ1n) is 6.27. The third-order valence-electron chi connectivity index (χ3n) is 3.29. The summed E-state index contributed by atoms with van der Waals surface area (Å²) in [5.74, 6) is 0.0870. The van der Waals surface area contributed by atoms with Gasteiger partial charge in [0.05, 0.1) is 17.4 Å². The quantitative estimate of drug-likeness (QED) is 0.881. The summed E-state index contributed by atoms with van der Waals surface area (Å²) in [6.45, 7) is 0.236. The van der Waals surface area contributed by atoms with E-state index in [1.54, 1.807) is 12.3 Å². The van der Waals surface area contributed by atoms with Crippen LogP contribution in [0.2, 0.25) is 0 Å².